The minimum absolute atomic E-state index is 0.0635. The molecule has 0 bridgehead atoms. The maximum absolute atomic E-state index is 14.2. The number of halogens is 1. The fourth-order valence-corrected chi connectivity index (χ4v) is 4.81. The van der Waals surface area contributed by atoms with Crippen molar-refractivity contribution in [2.45, 2.75) is 25.9 Å². The first-order chi connectivity index (χ1) is 17.0. The summed E-state index contributed by atoms with van der Waals surface area (Å²) in [4.78, 5) is 36.2. The second-order valence-electron chi connectivity index (χ2n) is 7.89. The molecule has 0 spiro atoms. The molecular formula is C25H25FN4O4S. The molecule has 1 unspecified atom stereocenters. The van der Waals surface area contributed by atoms with Crippen molar-refractivity contribution >= 4 is 28.8 Å². The Morgan fingerprint density at radius 1 is 1.20 bits per heavy atom. The van der Waals surface area contributed by atoms with E-state index in [4.69, 9.17) is 9.47 Å². The van der Waals surface area contributed by atoms with Gasteiger partial charge in [0.1, 0.15) is 12.4 Å². The number of allylic oxidation sites excluding steroid dienone is 1. The number of fused-ring (bicyclic) bond motifs is 1. The van der Waals surface area contributed by atoms with Crippen LogP contribution in [0.5, 0.6) is 0 Å². The van der Waals surface area contributed by atoms with Gasteiger partial charge in [-0.3, -0.25) is 9.78 Å². The lowest BCUT2D eigenvalue weighted by Gasteiger charge is -2.36. The topological polar surface area (TPSA) is 93.1 Å². The number of ether oxygens (including phenoxy) is 2. The number of amides is 1. The predicted molar refractivity (Wildman–Crippen MR) is 130 cm³/mol. The molecule has 1 aromatic carbocycles. The smallest absolute Gasteiger partial charge is 0.338 e. The van der Waals surface area contributed by atoms with Crippen LogP contribution in [0.4, 0.5) is 4.39 Å². The number of aromatic nitrogens is 1. The first kappa shape index (κ1) is 24.6. The second-order valence-corrected chi connectivity index (χ2v) is 8.72. The summed E-state index contributed by atoms with van der Waals surface area (Å²) in [7, 11) is 1.52. The molecule has 2 aromatic rings. The Morgan fingerprint density at radius 2 is 2.00 bits per heavy atom. The van der Waals surface area contributed by atoms with Gasteiger partial charge in [-0.15, -0.1) is 0 Å². The van der Waals surface area contributed by atoms with Crippen molar-refractivity contribution in [3.05, 3.63) is 88.1 Å². The first-order valence-corrected chi connectivity index (χ1v) is 11.9. The molecule has 35 heavy (non-hydrogen) atoms. The van der Waals surface area contributed by atoms with E-state index in [-0.39, 0.29) is 25.5 Å². The van der Waals surface area contributed by atoms with Crippen LogP contribution in [-0.2, 0) is 25.6 Å². The molecule has 10 heteroatoms. The van der Waals surface area contributed by atoms with Gasteiger partial charge in [0, 0.05) is 31.7 Å². The summed E-state index contributed by atoms with van der Waals surface area (Å²) in [6, 6.07) is 9.03. The fraction of sp³-hybridized carbons (Fsp3) is 0.280. The zero-order valence-corrected chi connectivity index (χ0v) is 20.2. The van der Waals surface area contributed by atoms with Gasteiger partial charge < -0.3 is 19.7 Å². The summed E-state index contributed by atoms with van der Waals surface area (Å²) in [6.07, 6.45) is 3.40. The van der Waals surface area contributed by atoms with Gasteiger partial charge in [0.05, 0.1) is 30.3 Å². The number of methoxy groups -OCH3 is 1. The molecular weight excluding hydrogens is 471 g/mol. The lowest BCUT2D eigenvalue weighted by Crippen LogP contribution is -2.38. The molecule has 1 aromatic heterocycles. The maximum Gasteiger partial charge on any atom is 0.338 e. The van der Waals surface area contributed by atoms with Crippen molar-refractivity contribution in [2.75, 3.05) is 20.3 Å². The molecule has 4 rings (SSSR count). The maximum atomic E-state index is 14.2. The van der Waals surface area contributed by atoms with Crippen LogP contribution in [0.1, 0.15) is 30.5 Å². The van der Waals surface area contributed by atoms with E-state index >= 15 is 0 Å². The van der Waals surface area contributed by atoms with Gasteiger partial charge in [0.2, 0.25) is 5.91 Å². The molecule has 2 aliphatic heterocycles. The third kappa shape index (κ3) is 5.77. The van der Waals surface area contributed by atoms with Gasteiger partial charge in [-0.25, -0.2) is 14.2 Å². The van der Waals surface area contributed by atoms with Crippen molar-refractivity contribution < 1.29 is 23.5 Å². The average molecular weight is 497 g/mol. The summed E-state index contributed by atoms with van der Waals surface area (Å²) in [6.45, 7) is 2.42. The van der Waals surface area contributed by atoms with Gasteiger partial charge in [-0.1, -0.05) is 23.9 Å². The summed E-state index contributed by atoms with van der Waals surface area (Å²) < 4.78 is 24.6. The van der Waals surface area contributed by atoms with Crippen LogP contribution < -0.4 is 5.32 Å². The number of carbonyl (C=O) groups is 2. The molecule has 1 N–H and O–H groups in total. The number of carbonyl (C=O) groups excluding carboxylic acids is 2. The van der Waals surface area contributed by atoms with Gasteiger partial charge in [-0.2, -0.15) is 0 Å². The van der Waals surface area contributed by atoms with E-state index in [2.05, 4.69) is 15.3 Å². The van der Waals surface area contributed by atoms with Crippen molar-refractivity contribution in [3.63, 3.8) is 0 Å². The Morgan fingerprint density at radius 3 is 2.74 bits per heavy atom. The Kier molecular flexibility index (Phi) is 7.94. The Hall–Kier alpha value is -3.50. The first-order valence-electron chi connectivity index (χ1n) is 11.0. The zero-order chi connectivity index (χ0) is 24.8. The van der Waals surface area contributed by atoms with E-state index in [1.54, 1.807) is 31.5 Å². The normalized spacial score (nSPS) is 17.0. The minimum atomic E-state index is -0.692. The Labute approximate surface area is 206 Å². The third-order valence-electron chi connectivity index (χ3n) is 5.49. The number of hydrogen-bond donors (Lipinski definition) is 1. The number of thioether (sulfide) groups is 1. The molecule has 0 aliphatic carbocycles. The van der Waals surface area contributed by atoms with Gasteiger partial charge in [0.25, 0.3) is 0 Å². The highest BCUT2D eigenvalue weighted by Crippen LogP contribution is 2.44. The average Bonchev–Trinajstić information content (AvgIpc) is 3.24. The van der Waals surface area contributed by atoms with E-state index < -0.39 is 17.8 Å². The van der Waals surface area contributed by atoms with Crippen LogP contribution in [0.3, 0.4) is 0 Å². The van der Waals surface area contributed by atoms with Gasteiger partial charge >= 0.3 is 5.97 Å². The van der Waals surface area contributed by atoms with Crippen molar-refractivity contribution in [1.82, 2.24) is 15.2 Å². The monoisotopic (exact) mass is 496 g/mol. The molecule has 0 radical (unpaired) electrons. The van der Waals surface area contributed by atoms with Crippen LogP contribution in [0.25, 0.3) is 0 Å². The number of amidine groups is 1. The zero-order valence-electron chi connectivity index (χ0n) is 19.4. The van der Waals surface area contributed by atoms with Gasteiger partial charge in [0.15, 0.2) is 5.17 Å². The molecule has 1 amide bonds. The van der Waals surface area contributed by atoms with Crippen molar-refractivity contribution in [2.24, 2.45) is 4.99 Å². The van der Waals surface area contributed by atoms with E-state index in [0.29, 0.717) is 34.2 Å². The summed E-state index contributed by atoms with van der Waals surface area (Å²) >= 11 is 1.36. The van der Waals surface area contributed by atoms with E-state index in [9.17, 15) is 14.0 Å². The van der Waals surface area contributed by atoms with Crippen molar-refractivity contribution in [3.8, 4) is 0 Å². The third-order valence-corrected chi connectivity index (χ3v) is 6.38. The Bertz CT molecular complexity index is 1200. The van der Waals surface area contributed by atoms with Crippen LogP contribution in [-0.4, -0.2) is 47.3 Å². The van der Waals surface area contributed by atoms with E-state index in [1.165, 1.54) is 31.0 Å². The number of pyridine rings is 1. The highest BCUT2D eigenvalue weighted by atomic mass is 32.2. The van der Waals surface area contributed by atoms with Crippen LogP contribution in [0.15, 0.2) is 76.2 Å². The number of aliphatic imine (C=N–C) groups is 1. The molecule has 1 atom stereocenters. The Balaban J connectivity index is 1.59. The number of esters is 1. The lowest BCUT2D eigenvalue weighted by molar-refractivity contribution is -0.141. The number of nitrogens with zero attached hydrogens (tertiary/aromatic N) is 3. The number of nitrogens with one attached hydrogen (secondary N) is 1. The fourth-order valence-electron chi connectivity index (χ4n) is 3.85. The lowest BCUT2D eigenvalue weighted by atomic mass is 9.93. The van der Waals surface area contributed by atoms with Crippen LogP contribution in [0, 0.1) is 5.82 Å². The number of benzene rings is 1. The van der Waals surface area contributed by atoms with E-state index in [0.717, 1.165) is 5.56 Å². The highest BCUT2D eigenvalue weighted by molar-refractivity contribution is 8.16. The molecule has 0 saturated carbocycles. The van der Waals surface area contributed by atoms with Crippen molar-refractivity contribution in [1.29, 1.82) is 0 Å². The van der Waals surface area contributed by atoms with Crippen LogP contribution >= 0.6 is 11.8 Å². The highest BCUT2D eigenvalue weighted by Gasteiger charge is 2.41. The standard InChI is InChI=1S/C25H25FN4O4S/c1-16-22(24(32)34-11-10-33-2)23(18-4-3-5-19(26)12-18)30-20(15-35-25(30)29-16)13-21(31)28-14-17-6-8-27-9-7-17/h3-9,12,15,23H,10-11,13-14H2,1-2H3,(H,28,31). The molecule has 0 fully saturated rings. The SMILES string of the molecule is COCCOC(=O)C1=C(C)N=C2SC=C(CC(=O)NCc3ccncc3)N2C1c1cccc(F)c1. The predicted octanol–water partition coefficient (Wildman–Crippen LogP) is 3.69. The molecule has 0 saturated heterocycles. The molecule has 2 aliphatic rings. The van der Waals surface area contributed by atoms with Gasteiger partial charge in [-0.05, 0) is 47.7 Å². The number of rotatable bonds is 9. The number of hydrogen-bond acceptors (Lipinski definition) is 8. The molecule has 8 nitrogen and oxygen atoms in total. The summed E-state index contributed by atoms with van der Waals surface area (Å²) in [5.74, 6) is -1.18. The minimum Gasteiger partial charge on any atom is -0.460 e. The molecule has 182 valence electrons. The second kappa shape index (κ2) is 11.3. The summed E-state index contributed by atoms with van der Waals surface area (Å²) in [5.41, 5.74) is 2.92. The van der Waals surface area contributed by atoms with Crippen LogP contribution in [0.2, 0.25) is 0 Å². The quantitative estimate of drug-likeness (QED) is 0.418. The molecule has 3 heterocycles. The van der Waals surface area contributed by atoms with E-state index in [1.807, 2.05) is 22.4 Å². The largest absolute Gasteiger partial charge is 0.460 e. The summed E-state index contributed by atoms with van der Waals surface area (Å²) in [5, 5.41) is 5.35.